The molecule has 3 nitrogen and oxygen atoms in total. The molecule has 2 rings (SSSR count). The van der Waals surface area contributed by atoms with E-state index >= 15 is 0 Å². The Labute approximate surface area is 74.4 Å². The summed E-state index contributed by atoms with van der Waals surface area (Å²) in [5.41, 5.74) is 1.03. The summed E-state index contributed by atoms with van der Waals surface area (Å²) < 4.78 is 0. The van der Waals surface area contributed by atoms with Gasteiger partial charge in [0, 0.05) is 4.88 Å². The second kappa shape index (κ2) is 3.49. The summed E-state index contributed by atoms with van der Waals surface area (Å²) in [6.45, 7) is 0. The zero-order chi connectivity index (χ0) is 8.23. The smallest absolute Gasteiger partial charge is 0.0828 e. The largest absolute Gasteiger partial charge is 0.198 e. The van der Waals surface area contributed by atoms with Gasteiger partial charge in [-0.3, -0.25) is 0 Å². The molecular formula is C8H9N3S. The van der Waals surface area contributed by atoms with E-state index in [0.29, 0.717) is 0 Å². The fourth-order valence-electron chi connectivity index (χ4n) is 1.05. The van der Waals surface area contributed by atoms with Gasteiger partial charge in [-0.05, 0) is 24.3 Å². The van der Waals surface area contributed by atoms with Crippen LogP contribution in [0, 0.1) is 0 Å². The van der Waals surface area contributed by atoms with E-state index in [1.54, 1.807) is 17.5 Å². The van der Waals surface area contributed by atoms with Crippen molar-refractivity contribution >= 4 is 11.3 Å². The molecule has 12 heavy (non-hydrogen) atoms. The summed E-state index contributed by atoms with van der Waals surface area (Å²) >= 11 is 1.79. The lowest BCUT2D eigenvalue weighted by Crippen LogP contribution is -1.88. The Kier molecular flexibility index (Phi) is 2.18. The van der Waals surface area contributed by atoms with Crippen LogP contribution < -0.4 is 0 Å². The molecule has 2 aromatic rings. The van der Waals surface area contributed by atoms with Crippen molar-refractivity contribution in [2.24, 2.45) is 0 Å². The van der Waals surface area contributed by atoms with Crippen molar-refractivity contribution in [3.8, 4) is 0 Å². The maximum Gasteiger partial charge on any atom is 0.0828 e. The third-order valence-corrected chi connectivity index (χ3v) is 2.61. The van der Waals surface area contributed by atoms with E-state index in [4.69, 9.17) is 0 Å². The van der Waals surface area contributed by atoms with E-state index < -0.39 is 0 Å². The highest BCUT2D eigenvalue weighted by molar-refractivity contribution is 7.09. The van der Waals surface area contributed by atoms with Crippen LogP contribution in [-0.4, -0.2) is 15.4 Å². The Bertz CT molecular complexity index is 278. The number of aromatic nitrogens is 3. The third-order valence-electron chi connectivity index (χ3n) is 1.67. The SMILES string of the molecule is c1csc(CCc2cn[nH]n2)c1. The molecule has 1 N–H and O–H groups in total. The Morgan fingerprint density at radius 2 is 2.42 bits per heavy atom. The van der Waals surface area contributed by atoms with Gasteiger partial charge in [-0.1, -0.05) is 6.07 Å². The van der Waals surface area contributed by atoms with Gasteiger partial charge < -0.3 is 0 Å². The zero-order valence-corrected chi connectivity index (χ0v) is 7.34. The molecule has 0 atom stereocenters. The number of hydrogen-bond acceptors (Lipinski definition) is 3. The summed E-state index contributed by atoms with van der Waals surface area (Å²) in [7, 11) is 0. The molecule has 0 unspecified atom stereocenters. The lowest BCUT2D eigenvalue weighted by molar-refractivity contribution is 0.878. The van der Waals surface area contributed by atoms with Crippen molar-refractivity contribution in [3.63, 3.8) is 0 Å². The molecule has 2 aromatic heterocycles. The number of H-pyrrole nitrogens is 1. The molecule has 4 heteroatoms. The molecule has 0 amide bonds. The molecule has 2 heterocycles. The summed E-state index contributed by atoms with van der Waals surface area (Å²) in [5, 5.41) is 12.4. The second-order valence-electron chi connectivity index (χ2n) is 2.54. The first-order chi connectivity index (χ1) is 5.95. The van der Waals surface area contributed by atoms with Crippen LogP contribution >= 0.6 is 11.3 Å². The van der Waals surface area contributed by atoms with E-state index in [1.165, 1.54) is 4.88 Å². The van der Waals surface area contributed by atoms with Crippen LogP contribution in [0.4, 0.5) is 0 Å². The highest BCUT2D eigenvalue weighted by Gasteiger charge is 1.97. The summed E-state index contributed by atoms with van der Waals surface area (Å²) in [6, 6.07) is 4.22. The zero-order valence-electron chi connectivity index (χ0n) is 6.53. The standard InChI is InChI=1S/C8H9N3S/c1-2-8(12-5-1)4-3-7-6-9-11-10-7/h1-2,5-6H,3-4H2,(H,9,10,11). The van der Waals surface area contributed by atoms with Crippen LogP contribution in [0.1, 0.15) is 10.6 Å². The van der Waals surface area contributed by atoms with Gasteiger partial charge >= 0.3 is 0 Å². The van der Waals surface area contributed by atoms with Crippen molar-refractivity contribution in [2.75, 3.05) is 0 Å². The van der Waals surface area contributed by atoms with Gasteiger partial charge in [-0.15, -0.1) is 11.3 Å². The minimum absolute atomic E-state index is 0.969. The highest BCUT2D eigenvalue weighted by atomic mass is 32.1. The third kappa shape index (κ3) is 1.71. The first-order valence-electron chi connectivity index (χ1n) is 3.82. The first kappa shape index (κ1) is 7.49. The van der Waals surface area contributed by atoms with Crippen LogP contribution in [-0.2, 0) is 12.8 Å². The van der Waals surface area contributed by atoms with Crippen molar-refractivity contribution in [3.05, 3.63) is 34.3 Å². The lowest BCUT2D eigenvalue weighted by Gasteiger charge is -1.91. The lowest BCUT2D eigenvalue weighted by atomic mass is 10.2. The Morgan fingerprint density at radius 3 is 3.08 bits per heavy atom. The Morgan fingerprint density at radius 1 is 1.42 bits per heavy atom. The molecule has 0 saturated carbocycles. The Balaban J connectivity index is 1.91. The number of nitrogens with zero attached hydrogens (tertiary/aromatic N) is 2. The number of hydrogen-bond donors (Lipinski definition) is 1. The molecule has 0 spiro atoms. The normalized spacial score (nSPS) is 10.3. The molecule has 0 bridgehead atoms. The van der Waals surface area contributed by atoms with Crippen LogP contribution in [0.25, 0.3) is 0 Å². The van der Waals surface area contributed by atoms with Gasteiger partial charge in [0.15, 0.2) is 0 Å². The van der Waals surface area contributed by atoms with Gasteiger partial charge in [0.2, 0.25) is 0 Å². The highest BCUT2D eigenvalue weighted by Crippen LogP contribution is 2.10. The molecule has 0 fully saturated rings. The Hall–Kier alpha value is -1.16. The number of aromatic amines is 1. The molecule has 0 saturated heterocycles. The number of aryl methyl sites for hydroxylation is 2. The quantitative estimate of drug-likeness (QED) is 0.778. The summed E-state index contributed by atoms with van der Waals surface area (Å²) in [4.78, 5) is 1.40. The average molecular weight is 179 g/mol. The van der Waals surface area contributed by atoms with Crippen molar-refractivity contribution < 1.29 is 0 Å². The summed E-state index contributed by atoms with van der Waals surface area (Å²) in [6.07, 6.45) is 3.80. The first-order valence-corrected chi connectivity index (χ1v) is 4.70. The van der Waals surface area contributed by atoms with Gasteiger partial charge in [-0.25, -0.2) is 0 Å². The maximum atomic E-state index is 3.98. The molecular weight excluding hydrogens is 170 g/mol. The van der Waals surface area contributed by atoms with Crippen LogP contribution in [0.2, 0.25) is 0 Å². The minimum Gasteiger partial charge on any atom is -0.198 e. The molecule has 0 aliphatic rings. The predicted octanol–water partition coefficient (Wildman–Crippen LogP) is 1.65. The topological polar surface area (TPSA) is 41.6 Å². The molecule has 0 aromatic carbocycles. The number of nitrogens with one attached hydrogen (secondary N) is 1. The fourth-order valence-corrected chi connectivity index (χ4v) is 1.76. The minimum atomic E-state index is 0.969. The molecule has 0 radical (unpaired) electrons. The van der Waals surface area contributed by atoms with E-state index in [0.717, 1.165) is 18.5 Å². The molecule has 62 valence electrons. The van der Waals surface area contributed by atoms with Gasteiger partial charge in [0.1, 0.15) is 0 Å². The average Bonchev–Trinajstić information content (AvgIpc) is 2.74. The molecule has 0 aliphatic heterocycles. The number of thiophene rings is 1. The second-order valence-corrected chi connectivity index (χ2v) is 3.57. The van der Waals surface area contributed by atoms with Gasteiger partial charge in [-0.2, -0.15) is 15.4 Å². The molecule has 0 aliphatic carbocycles. The van der Waals surface area contributed by atoms with E-state index in [2.05, 4.69) is 32.9 Å². The van der Waals surface area contributed by atoms with Crippen molar-refractivity contribution in [2.45, 2.75) is 12.8 Å². The van der Waals surface area contributed by atoms with Crippen LogP contribution in [0.5, 0.6) is 0 Å². The monoisotopic (exact) mass is 179 g/mol. The van der Waals surface area contributed by atoms with E-state index in [1.807, 2.05) is 0 Å². The van der Waals surface area contributed by atoms with Crippen molar-refractivity contribution in [1.82, 2.24) is 15.4 Å². The van der Waals surface area contributed by atoms with E-state index in [-0.39, 0.29) is 0 Å². The van der Waals surface area contributed by atoms with E-state index in [9.17, 15) is 0 Å². The van der Waals surface area contributed by atoms with Gasteiger partial charge in [0.05, 0.1) is 11.9 Å². The number of rotatable bonds is 3. The van der Waals surface area contributed by atoms with Crippen molar-refractivity contribution in [1.29, 1.82) is 0 Å². The summed E-state index contributed by atoms with van der Waals surface area (Å²) in [5.74, 6) is 0. The maximum absolute atomic E-state index is 3.98. The predicted molar refractivity (Wildman–Crippen MR) is 48.1 cm³/mol. The van der Waals surface area contributed by atoms with Crippen LogP contribution in [0.3, 0.4) is 0 Å². The van der Waals surface area contributed by atoms with Gasteiger partial charge in [0.25, 0.3) is 0 Å². The fraction of sp³-hybridized carbons (Fsp3) is 0.250. The van der Waals surface area contributed by atoms with Crippen LogP contribution in [0.15, 0.2) is 23.7 Å².